The van der Waals surface area contributed by atoms with E-state index in [1.807, 2.05) is 16.8 Å². The molecule has 0 aromatic carbocycles. The van der Waals surface area contributed by atoms with Gasteiger partial charge in [0.25, 0.3) is 0 Å². The van der Waals surface area contributed by atoms with Gasteiger partial charge in [0.1, 0.15) is 0 Å². The Kier molecular flexibility index (Phi) is 4.41. The maximum atomic E-state index is 6.72. The van der Waals surface area contributed by atoms with E-state index < -0.39 is 5.00 Å². The van der Waals surface area contributed by atoms with Crippen LogP contribution in [0.5, 0.6) is 0 Å². The van der Waals surface area contributed by atoms with Gasteiger partial charge < -0.3 is 14.8 Å². The highest BCUT2D eigenvalue weighted by atomic mass is 35.5. The molecule has 118 valence electrons. The van der Waals surface area contributed by atoms with Crippen LogP contribution in [0, 0.1) is 0 Å². The summed E-state index contributed by atoms with van der Waals surface area (Å²) >= 11 is 6.72. The quantitative estimate of drug-likeness (QED) is 0.819. The fourth-order valence-electron chi connectivity index (χ4n) is 3.05. The highest BCUT2D eigenvalue weighted by Crippen LogP contribution is 2.36. The Hall–Kier alpha value is -1.52. The number of hydrogen-bond acceptors (Lipinski definition) is 3. The van der Waals surface area contributed by atoms with Crippen LogP contribution in [-0.2, 0) is 5.00 Å². The molecule has 2 heterocycles. The molecule has 0 bridgehead atoms. The second-order valence-electron chi connectivity index (χ2n) is 5.74. The standard InChI is InChI=1S/C17H23ClN4/c1-3-21(4-2)9-6-14-12-20-16-11-17(18,7-5-15(14)16)22-10-8-19-13-22/h5,7-8,10-11,13,20H,3-4,6,9,12H2,1-2H3. The van der Waals surface area contributed by atoms with Gasteiger partial charge in [-0.2, -0.15) is 0 Å². The molecule has 0 fully saturated rings. The van der Waals surface area contributed by atoms with Crippen LogP contribution in [0.2, 0.25) is 0 Å². The summed E-state index contributed by atoms with van der Waals surface area (Å²) in [5.74, 6) is 0. The van der Waals surface area contributed by atoms with Crippen LogP contribution in [-0.4, -0.2) is 40.6 Å². The molecule has 5 heteroatoms. The van der Waals surface area contributed by atoms with Crippen molar-refractivity contribution in [2.45, 2.75) is 25.3 Å². The van der Waals surface area contributed by atoms with E-state index in [0.29, 0.717) is 0 Å². The molecule has 0 radical (unpaired) electrons. The van der Waals surface area contributed by atoms with Gasteiger partial charge in [0, 0.05) is 31.2 Å². The lowest BCUT2D eigenvalue weighted by Gasteiger charge is -2.26. The van der Waals surface area contributed by atoms with Gasteiger partial charge in [0.15, 0.2) is 5.00 Å². The maximum absolute atomic E-state index is 6.72. The molecule has 1 aromatic rings. The fourth-order valence-corrected chi connectivity index (χ4v) is 3.32. The number of halogens is 1. The van der Waals surface area contributed by atoms with Gasteiger partial charge in [-0.1, -0.05) is 31.5 Å². The van der Waals surface area contributed by atoms with Crippen LogP contribution < -0.4 is 5.32 Å². The van der Waals surface area contributed by atoms with E-state index in [1.54, 1.807) is 12.5 Å². The Labute approximate surface area is 137 Å². The molecule has 3 rings (SSSR count). The molecule has 1 aromatic heterocycles. The summed E-state index contributed by atoms with van der Waals surface area (Å²) < 4.78 is 1.91. The van der Waals surface area contributed by atoms with Crippen molar-refractivity contribution in [3.05, 3.63) is 53.8 Å². The molecule has 0 saturated carbocycles. The van der Waals surface area contributed by atoms with Crippen LogP contribution in [0.4, 0.5) is 0 Å². The first-order valence-corrected chi connectivity index (χ1v) is 8.32. The van der Waals surface area contributed by atoms with Gasteiger partial charge in [-0.15, -0.1) is 0 Å². The van der Waals surface area contributed by atoms with E-state index in [4.69, 9.17) is 11.6 Å². The van der Waals surface area contributed by atoms with Crippen LogP contribution in [0.25, 0.3) is 0 Å². The lowest BCUT2D eigenvalue weighted by atomic mass is 9.98. The van der Waals surface area contributed by atoms with Crippen molar-refractivity contribution in [1.82, 2.24) is 19.8 Å². The zero-order valence-electron chi connectivity index (χ0n) is 13.2. The van der Waals surface area contributed by atoms with Crippen molar-refractivity contribution < 1.29 is 0 Å². The number of nitrogens with zero attached hydrogens (tertiary/aromatic N) is 3. The number of fused-ring (bicyclic) bond motifs is 1. The molecule has 1 aliphatic heterocycles. The number of aromatic nitrogens is 2. The topological polar surface area (TPSA) is 33.1 Å². The van der Waals surface area contributed by atoms with E-state index in [-0.39, 0.29) is 0 Å². The maximum Gasteiger partial charge on any atom is 0.159 e. The molecule has 1 aliphatic carbocycles. The summed E-state index contributed by atoms with van der Waals surface area (Å²) in [5, 5.41) is 3.48. The number of hydrogen-bond donors (Lipinski definition) is 1. The van der Waals surface area contributed by atoms with Crippen molar-refractivity contribution in [2.75, 3.05) is 26.2 Å². The third-order valence-corrected chi connectivity index (χ3v) is 4.95. The average Bonchev–Trinajstić information content (AvgIpc) is 3.18. The SMILES string of the molecule is CCN(CC)CCC1=C2C=CC(Cl)(n3ccnc3)C=C2NC1. The van der Waals surface area contributed by atoms with Gasteiger partial charge in [-0.05, 0) is 42.8 Å². The largest absolute Gasteiger partial charge is 0.381 e. The molecule has 1 atom stereocenters. The summed E-state index contributed by atoms with van der Waals surface area (Å²) in [7, 11) is 0. The summed E-state index contributed by atoms with van der Waals surface area (Å²) in [4.78, 5) is 5.89. The third-order valence-electron chi connectivity index (χ3n) is 4.52. The second-order valence-corrected chi connectivity index (χ2v) is 6.34. The predicted octanol–water partition coefficient (Wildman–Crippen LogP) is 2.86. The lowest BCUT2D eigenvalue weighted by molar-refractivity contribution is 0.307. The van der Waals surface area contributed by atoms with Gasteiger partial charge in [0.2, 0.25) is 0 Å². The molecule has 2 aliphatic rings. The van der Waals surface area contributed by atoms with Crippen molar-refractivity contribution in [2.24, 2.45) is 0 Å². The lowest BCUT2D eigenvalue weighted by Crippen LogP contribution is -2.25. The van der Waals surface area contributed by atoms with Crippen molar-refractivity contribution in [3.63, 3.8) is 0 Å². The van der Waals surface area contributed by atoms with Crippen LogP contribution in [0.3, 0.4) is 0 Å². The van der Waals surface area contributed by atoms with Crippen LogP contribution >= 0.6 is 11.6 Å². The van der Waals surface area contributed by atoms with Crippen molar-refractivity contribution in [3.8, 4) is 0 Å². The van der Waals surface area contributed by atoms with Crippen LogP contribution in [0.1, 0.15) is 20.3 Å². The number of rotatable bonds is 6. The Morgan fingerprint density at radius 1 is 1.41 bits per heavy atom. The second kappa shape index (κ2) is 6.31. The van der Waals surface area contributed by atoms with Crippen LogP contribution in [0.15, 0.2) is 53.8 Å². The summed E-state index contributed by atoms with van der Waals surface area (Å²) in [5.41, 5.74) is 3.92. The Morgan fingerprint density at radius 2 is 2.23 bits per heavy atom. The normalized spacial score (nSPS) is 23.7. The molecule has 0 saturated heterocycles. The molecule has 1 N–H and O–H groups in total. The number of nitrogens with one attached hydrogen (secondary N) is 1. The molecule has 22 heavy (non-hydrogen) atoms. The van der Waals surface area contributed by atoms with Gasteiger partial charge in [-0.25, -0.2) is 4.98 Å². The molecular formula is C17H23ClN4. The molecule has 0 amide bonds. The van der Waals surface area contributed by atoms with Crippen molar-refractivity contribution >= 4 is 11.6 Å². The van der Waals surface area contributed by atoms with Crippen molar-refractivity contribution in [1.29, 1.82) is 0 Å². The first kappa shape index (κ1) is 15.4. The van der Waals surface area contributed by atoms with E-state index in [1.165, 1.54) is 11.1 Å². The Balaban J connectivity index is 1.77. The van der Waals surface area contributed by atoms with E-state index in [2.05, 4.69) is 41.2 Å². The summed E-state index contributed by atoms with van der Waals surface area (Å²) in [6, 6.07) is 0. The molecule has 1 unspecified atom stereocenters. The minimum Gasteiger partial charge on any atom is -0.381 e. The summed E-state index contributed by atoms with van der Waals surface area (Å²) in [6.45, 7) is 8.68. The zero-order valence-corrected chi connectivity index (χ0v) is 14.0. The molecule has 0 spiro atoms. The predicted molar refractivity (Wildman–Crippen MR) is 90.7 cm³/mol. The van der Waals surface area contributed by atoms with E-state index in [9.17, 15) is 0 Å². The number of allylic oxidation sites excluding steroid dienone is 3. The monoisotopic (exact) mass is 318 g/mol. The highest BCUT2D eigenvalue weighted by Gasteiger charge is 2.30. The van der Waals surface area contributed by atoms with Gasteiger partial charge in [-0.3, -0.25) is 0 Å². The fraction of sp³-hybridized carbons (Fsp3) is 0.471. The first-order valence-electron chi connectivity index (χ1n) is 7.94. The first-order chi connectivity index (χ1) is 10.7. The smallest absolute Gasteiger partial charge is 0.159 e. The number of imidazole rings is 1. The zero-order chi connectivity index (χ0) is 15.6. The minimum atomic E-state index is -0.656. The average molecular weight is 319 g/mol. The molecular weight excluding hydrogens is 296 g/mol. The van der Waals surface area contributed by atoms with E-state index >= 15 is 0 Å². The Bertz CT molecular complexity index is 611. The minimum absolute atomic E-state index is 0.656. The van der Waals surface area contributed by atoms with Gasteiger partial charge in [0.05, 0.1) is 6.33 Å². The summed E-state index contributed by atoms with van der Waals surface area (Å²) in [6.07, 6.45) is 12.8. The van der Waals surface area contributed by atoms with Gasteiger partial charge >= 0.3 is 0 Å². The van der Waals surface area contributed by atoms with E-state index in [0.717, 1.165) is 38.3 Å². The Morgan fingerprint density at radius 3 is 2.91 bits per heavy atom. The molecule has 4 nitrogen and oxygen atoms in total. The third kappa shape index (κ3) is 2.85. The number of alkyl halides is 1. The highest BCUT2D eigenvalue weighted by molar-refractivity contribution is 6.24.